The van der Waals surface area contributed by atoms with Crippen LogP contribution in [-0.4, -0.2) is 80.0 Å². The molecule has 0 bridgehead atoms. The van der Waals surface area contributed by atoms with Crippen molar-refractivity contribution < 1.29 is 18.6 Å². The predicted molar refractivity (Wildman–Crippen MR) is 113 cm³/mol. The van der Waals surface area contributed by atoms with E-state index in [1.54, 1.807) is 6.07 Å². The molecule has 30 heavy (non-hydrogen) atoms. The summed E-state index contributed by atoms with van der Waals surface area (Å²) in [5.74, 6) is -1.71. The molecule has 7 heteroatoms. The molecule has 0 amide bonds. The van der Waals surface area contributed by atoms with Crippen LogP contribution in [0, 0.1) is 11.6 Å². The van der Waals surface area contributed by atoms with Gasteiger partial charge < -0.3 is 14.7 Å². The highest BCUT2D eigenvalue weighted by Crippen LogP contribution is 2.24. The lowest BCUT2D eigenvalue weighted by Crippen LogP contribution is -2.51. The van der Waals surface area contributed by atoms with Gasteiger partial charge in [-0.2, -0.15) is 0 Å². The zero-order chi connectivity index (χ0) is 20.9. The third-order valence-electron chi connectivity index (χ3n) is 5.90. The maximum Gasteiger partial charge on any atom is 0.159 e. The minimum absolute atomic E-state index is 0.310. The predicted octanol–water partition coefficient (Wildman–Crippen LogP) is 2.52. The van der Waals surface area contributed by atoms with Gasteiger partial charge in [-0.1, -0.05) is 24.3 Å². The molecular weight excluding hydrogens is 388 g/mol. The smallest absolute Gasteiger partial charge is 0.159 e. The summed E-state index contributed by atoms with van der Waals surface area (Å²) < 4.78 is 32.5. The Hall–Kier alpha value is -2.06. The van der Waals surface area contributed by atoms with Crippen LogP contribution in [0.15, 0.2) is 48.5 Å². The fourth-order valence-electron chi connectivity index (χ4n) is 4.26. The van der Waals surface area contributed by atoms with Gasteiger partial charge in [0.05, 0.1) is 18.8 Å². The number of β-amino-alcohol motifs (C(OH)–C–C–N with tert-alkyl or cyclic N) is 1. The molecule has 162 valence electrons. The SMILES string of the molecule is OC(CN1CCN(c2ccccc2)CC1)CN1CCOC(c2ccc(F)c(F)c2)C1. The van der Waals surface area contributed by atoms with E-state index in [2.05, 4.69) is 39.0 Å². The number of piperazine rings is 1. The molecule has 2 heterocycles. The summed E-state index contributed by atoms with van der Waals surface area (Å²) >= 11 is 0. The monoisotopic (exact) mass is 417 g/mol. The number of benzene rings is 2. The lowest BCUT2D eigenvalue weighted by atomic mass is 10.1. The van der Waals surface area contributed by atoms with E-state index in [1.165, 1.54) is 11.8 Å². The van der Waals surface area contributed by atoms with Gasteiger partial charge in [-0.25, -0.2) is 8.78 Å². The first-order valence-electron chi connectivity index (χ1n) is 10.6. The van der Waals surface area contributed by atoms with Crippen LogP contribution in [0.4, 0.5) is 14.5 Å². The van der Waals surface area contributed by atoms with Crippen LogP contribution in [0.3, 0.4) is 0 Å². The van der Waals surface area contributed by atoms with Crippen LogP contribution in [-0.2, 0) is 4.74 Å². The summed E-state index contributed by atoms with van der Waals surface area (Å²) in [4.78, 5) is 6.81. The van der Waals surface area contributed by atoms with Gasteiger partial charge in [-0.05, 0) is 29.8 Å². The molecule has 2 saturated heterocycles. The Morgan fingerprint density at radius 2 is 1.63 bits per heavy atom. The molecule has 0 saturated carbocycles. The number of aliphatic hydroxyl groups excluding tert-OH is 1. The molecule has 2 fully saturated rings. The Balaban J connectivity index is 1.24. The molecule has 4 rings (SSSR count). The second-order valence-corrected chi connectivity index (χ2v) is 8.07. The van der Waals surface area contributed by atoms with Crippen molar-refractivity contribution in [3.8, 4) is 0 Å². The minimum Gasteiger partial charge on any atom is -0.390 e. The van der Waals surface area contributed by atoms with Crippen LogP contribution >= 0.6 is 0 Å². The van der Waals surface area contributed by atoms with E-state index in [4.69, 9.17) is 4.74 Å². The molecule has 2 aliphatic rings. The Morgan fingerprint density at radius 1 is 0.900 bits per heavy atom. The molecule has 2 atom stereocenters. The maximum atomic E-state index is 13.5. The lowest BCUT2D eigenvalue weighted by Gasteiger charge is -2.38. The largest absolute Gasteiger partial charge is 0.390 e. The third kappa shape index (κ3) is 5.35. The highest BCUT2D eigenvalue weighted by atomic mass is 19.2. The number of hydrogen-bond donors (Lipinski definition) is 1. The van der Waals surface area contributed by atoms with Gasteiger partial charge in [0.2, 0.25) is 0 Å². The van der Waals surface area contributed by atoms with Crippen LogP contribution in [0.25, 0.3) is 0 Å². The van der Waals surface area contributed by atoms with E-state index >= 15 is 0 Å². The van der Waals surface area contributed by atoms with Crippen LogP contribution in [0.2, 0.25) is 0 Å². The molecular formula is C23H29F2N3O2. The highest BCUT2D eigenvalue weighted by Gasteiger charge is 2.26. The first-order valence-corrected chi connectivity index (χ1v) is 10.6. The Bertz CT molecular complexity index is 815. The lowest BCUT2D eigenvalue weighted by molar-refractivity contribution is -0.0451. The van der Waals surface area contributed by atoms with Crippen molar-refractivity contribution in [3.63, 3.8) is 0 Å². The van der Waals surface area contributed by atoms with E-state index in [-0.39, 0.29) is 6.10 Å². The van der Waals surface area contributed by atoms with Crippen LogP contribution in [0.1, 0.15) is 11.7 Å². The number of ether oxygens (including phenoxy) is 1. The summed E-state index contributed by atoms with van der Waals surface area (Å²) in [5, 5.41) is 10.6. The minimum atomic E-state index is -0.858. The topological polar surface area (TPSA) is 39.2 Å². The van der Waals surface area contributed by atoms with Crippen molar-refractivity contribution in [2.24, 2.45) is 0 Å². The number of hydrogen-bond acceptors (Lipinski definition) is 5. The van der Waals surface area contributed by atoms with E-state index in [9.17, 15) is 13.9 Å². The van der Waals surface area contributed by atoms with Crippen molar-refractivity contribution in [1.82, 2.24) is 9.80 Å². The molecule has 2 unspecified atom stereocenters. The summed E-state index contributed by atoms with van der Waals surface area (Å²) in [7, 11) is 0. The molecule has 0 aliphatic carbocycles. The number of para-hydroxylation sites is 1. The Morgan fingerprint density at radius 3 is 2.37 bits per heavy atom. The molecule has 2 aliphatic heterocycles. The van der Waals surface area contributed by atoms with Crippen LogP contribution in [0.5, 0.6) is 0 Å². The molecule has 2 aromatic carbocycles. The number of halogens is 2. The fourth-order valence-corrected chi connectivity index (χ4v) is 4.26. The molecule has 0 aromatic heterocycles. The van der Waals surface area contributed by atoms with Gasteiger partial charge in [0.15, 0.2) is 11.6 Å². The third-order valence-corrected chi connectivity index (χ3v) is 5.90. The first-order chi connectivity index (χ1) is 14.6. The molecule has 0 spiro atoms. The zero-order valence-electron chi connectivity index (χ0n) is 17.1. The summed E-state index contributed by atoms with van der Waals surface area (Å²) in [5.41, 5.74) is 1.87. The van der Waals surface area contributed by atoms with Gasteiger partial charge in [0.1, 0.15) is 0 Å². The first kappa shape index (κ1) is 21.2. The second kappa shape index (κ2) is 9.83. The molecule has 2 aromatic rings. The maximum absolute atomic E-state index is 13.5. The number of aliphatic hydroxyl groups is 1. The highest BCUT2D eigenvalue weighted by molar-refractivity contribution is 5.46. The molecule has 1 N–H and O–H groups in total. The van der Waals surface area contributed by atoms with E-state index in [1.807, 2.05) is 6.07 Å². The summed E-state index contributed by atoms with van der Waals surface area (Å²) in [6.07, 6.45) is -0.771. The van der Waals surface area contributed by atoms with E-state index in [0.717, 1.165) is 38.8 Å². The number of anilines is 1. The number of morpholine rings is 1. The average Bonchev–Trinajstić information content (AvgIpc) is 2.77. The normalized spacial score (nSPS) is 22.2. The quantitative estimate of drug-likeness (QED) is 0.782. The molecule has 0 radical (unpaired) electrons. The van der Waals surface area contributed by atoms with Crippen molar-refractivity contribution in [2.75, 3.05) is 63.9 Å². The Kier molecular flexibility index (Phi) is 6.94. The zero-order valence-corrected chi connectivity index (χ0v) is 17.1. The van der Waals surface area contributed by atoms with Crippen LogP contribution < -0.4 is 4.90 Å². The van der Waals surface area contributed by atoms with Crippen molar-refractivity contribution in [3.05, 3.63) is 65.7 Å². The fraction of sp³-hybridized carbons (Fsp3) is 0.478. The van der Waals surface area contributed by atoms with Gasteiger partial charge in [-0.3, -0.25) is 9.80 Å². The summed E-state index contributed by atoms with van der Waals surface area (Å²) in [6.45, 7) is 6.71. The van der Waals surface area contributed by atoms with Crippen molar-refractivity contribution in [1.29, 1.82) is 0 Å². The average molecular weight is 418 g/mol. The van der Waals surface area contributed by atoms with Gasteiger partial charge in [0, 0.05) is 58.0 Å². The van der Waals surface area contributed by atoms with Crippen molar-refractivity contribution >= 4 is 5.69 Å². The van der Waals surface area contributed by atoms with E-state index < -0.39 is 17.7 Å². The van der Waals surface area contributed by atoms with E-state index in [0.29, 0.717) is 31.8 Å². The van der Waals surface area contributed by atoms with Gasteiger partial charge >= 0.3 is 0 Å². The number of rotatable bonds is 6. The van der Waals surface area contributed by atoms with Gasteiger partial charge in [-0.15, -0.1) is 0 Å². The van der Waals surface area contributed by atoms with Crippen molar-refractivity contribution in [2.45, 2.75) is 12.2 Å². The standard InChI is InChI=1S/C23H29F2N3O2/c24-21-7-6-18(14-22(21)25)23-17-27(12-13-30-23)16-20(29)15-26-8-10-28(11-9-26)19-4-2-1-3-5-19/h1-7,14,20,23,29H,8-13,15-17H2. The second-order valence-electron chi connectivity index (χ2n) is 8.07. The summed E-state index contributed by atoms with van der Waals surface area (Å²) in [6, 6.07) is 14.3. The van der Waals surface area contributed by atoms with Gasteiger partial charge in [0.25, 0.3) is 0 Å². The Labute approximate surface area is 176 Å². The molecule has 5 nitrogen and oxygen atoms in total. The number of nitrogens with zero attached hydrogens (tertiary/aromatic N) is 3.